The largest absolute Gasteiger partial charge is 0.409 e. The first-order valence-electron chi connectivity index (χ1n) is 5.87. The van der Waals surface area contributed by atoms with E-state index in [9.17, 15) is 0 Å². The Labute approximate surface area is 97.0 Å². The highest BCUT2D eigenvalue weighted by molar-refractivity contribution is 5.79. The van der Waals surface area contributed by atoms with Gasteiger partial charge in [-0.25, -0.2) is 0 Å². The lowest BCUT2D eigenvalue weighted by molar-refractivity contribution is -0.0627. The van der Waals surface area contributed by atoms with Crippen LogP contribution in [-0.2, 0) is 4.74 Å². The first kappa shape index (κ1) is 13.3. The number of hydrogen-bond acceptors (Lipinski definition) is 4. The zero-order valence-corrected chi connectivity index (χ0v) is 10.2. The molecule has 0 bridgehead atoms. The van der Waals surface area contributed by atoms with Gasteiger partial charge in [-0.05, 0) is 39.7 Å². The highest BCUT2D eigenvalue weighted by Gasteiger charge is 2.28. The molecule has 5 heteroatoms. The average molecular weight is 229 g/mol. The molecule has 1 unspecified atom stereocenters. The number of ether oxygens (including phenoxy) is 1. The highest BCUT2D eigenvalue weighted by atomic mass is 16.5. The van der Waals surface area contributed by atoms with Crippen LogP contribution in [0.4, 0.5) is 0 Å². The second kappa shape index (κ2) is 6.06. The van der Waals surface area contributed by atoms with Crippen molar-refractivity contribution in [2.24, 2.45) is 10.9 Å². The van der Waals surface area contributed by atoms with E-state index < -0.39 is 0 Å². The van der Waals surface area contributed by atoms with Gasteiger partial charge in [0.05, 0.1) is 5.60 Å². The zero-order valence-electron chi connectivity index (χ0n) is 10.2. The molecular weight excluding hydrogens is 206 g/mol. The quantitative estimate of drug-likeness (QED) is 0.216. The topological polar surface area (TPSA) is 79.9 Å². The Bertz CT molecular complexity index is 241. The Morgan fingerprint density at radius 3 is 3.00 bits per heavy atom. The summed E-state index contributed by atoms with van der Waals surface area (Å²) in [7, 11) is 0. The molecule has 5 nitrogen and oxygen atoms in total. The van der Waals surface area contributed by atoms with Gasteiger partial charge in [0, 0.05) is 19.1 Å². The molecule has 1 saturated heterocycles. The molecular formula is C11H23N3O2. The number of amidine groups is 1. The van der Waals surface area contributed by atoms with Gasteiger partial charge < -0.3 is 21.0 Å². The summed E-state index contributed by atoms with van der Waals surface area (Å²) in [4.78, 5) is 0. The summed E-state index contributed by atoms with van der Waals surface area (Å²) in [5, 5.41) is 14.8. The van der Waals surface area contributed by atoms with E-state index in [1.54, 1.807) is 0 Å². The van der Waals surface area contributed by atoms with E-state index in [0.717, 1.165) is 32.4 Å². The summed E-state index contributed by atoms with van der Waals surface area (Å²) < 4.78 is 5.65. The van der Waals surface area contributed by atoms with Gasteiger partial charge >= 0.3 is 0 Å². The third kappa shape index (κ3) is 4.81. The van der Waals surface area contributed by atoms with Crippen molar-refractivity contribution in [1.82, 2.24) is 5.32 Å². The molecule has 0 aromatic carbocycles. The van der Waals surface area contributed by atoms with Gasteiger partial charge in [0.15, 0.2) is 0 Å². The Morgan fingerprint density at radius 2 is 2.38 bits per heavy atom. The van der Waals surface area contributed by atoms with E-state index in [-0.39, 0.29) is 5.60 Å². The van der Waals surface area contributed by atoms with Crippen LogP contribution in [-0.4, -0.2) is 35.8 Å². The fourth-order valence-corrected chi connectivity index (χ4v) is 2.03. The number of oxime groups is 1. The van der Waals surface area contributed by atoms with E-state index in [0.29, 0.717) is 18.3 Å². The van der Waals surface area contributed by atoms with Crippen molar-refractivity contribution < 1.29 is 9.94 Å². The van der Waals surface area contributed by atoms with E-state index >= 15 is 0 Å². The molecule has 1 fully saturated rings. The van der Waals surface area contributed by atoms with Crippen LogP contribution >= 0.6 is 0 Å². The molecule has 1 atom stereocenters. The Morgan fingerprint density at radius 1 is 1.62 bits per heavy atom. The number of nitrogens with zero attached hydrogens (tertiary/aromatic N) is 1. The third-order valence-corrected chi connectivity index (χ3v) is 2.87. The van der Waals surface area contributed by atoms with Crippen LogP contribution in [0.5, 0.6) is 0 Å². The number of nitrogens with two attached hydrogens (primary N) is 1. The molecule has 1 aliphatic rings. The highest BCUT2D eigenvalue weighted by Crippen LogP contribution is 2.23. The van der Waals surface area contributed by atoms with Crippen molar-refractivity contribution in [2.45, 2.75) is 51.2 Å². The predicted molar refractivity (Wildman–Crippen MR) is 63.7 cm³/mol. The summed E-state index contributed by atoms with van der Waals surface area (Å²) in [6.45, 7) is 5.97. The molecule has 0 aromatic rings. The predicted octanol–water partition coefficient (Wildman–Crippen LogP) is 1.06. The van der Waals surface area contributed by atoms with Crippen molar-refractivity contribution in [3.63, 3.8) is 0 Å². The van der Waals surface area contributed by atoms with E-state index in [2.05, 4.69) is 24.3 Å². The fourth-order valence-electron chi connectivity index (χ4n) is 2.03. The number of hydrogen-bond donors (Lipinski definition) is 3. The van der Waals surface area contributed by atoms with Crippen LogP contribution in [0, 0.1) is 0 Å². The molecule has 0 aromatic heterocycles. The summed E-state index contributed by atoms with van der Waals surface area (Å²) in [6, 6.07) is 0.524. The Balaban J connectivity index is 2.13. The smallest absolute Gasteiger partial charge is 0.139 e. The SMILES string of the molecule is CC1(C)CC(NCCCC(N)=NO)CCO1. The first-order valence-corrected chi connectivity index (χ1v) is 5.87. The third-order valence-electron chi connectivity index (χ3n) is 2.87. The number of rotatable bonds is 5. The number of nitrogens with one attached hydrogen (secondary N) is 1. The monoisotopic (exact) mass is 229 g/mol. The normalized spacial score (nSPS) is 25.6. The molecule has 0 spiro atoms. The first-order chi connectivity index (χ1) is 7.53. The standard InChI is InChI=1S/C11H23N3O2/c1-11(2)8-9(5-7-16-11)13-6-3-4-10(12)14-15/h9,13,15H,3-8H2,1-2H3,(H2,12,14). The molecule has 1 aliphatic heterocycles. The molecule has 1 heterocycles. The van der Waals surface area contributed by atoms with Gasteiger partial charge in [-0.15, -0.1) is 0 Å². The van der Waals surface area contributed by atoms with Crippen molar-refractivity contribution in [1.29, 1.82) is 0 Å². The molecule has 0 saturated carbocycles. The summed E-state index contributed by atoms with van der Waals surface area (Å²) >= 11 is 0. The minimum Gasteiger partial charge on any atom is -0.409 e. The Kier molecular flexibility index (Phi) is 5.02. The van der Waals surface area contributed by atoms with Crippen molar-refractivity contribution >= 4 is 5.84 Å². The lowest BCUT2D eigenvalue weighted by atomic mass is 9.94. The maximum Gasteiger partial charge on any atom is 0.139 e. The van der Waals surface area contributed by atoms with Gasteiger partial charge in [-0.3, -0.25) is 0 Å². The summed E-state index contributed by atoms with van der Waals surface area (Å²) in [5.41, 5.74) is 5.38. The second-order valence-corrected chi connectivity index (χ2v) is 4.95. The maximum atomic E-state index is 8.38. The average Bonchev–Trinajstić information content (AvgIpc) is 2.22. The summed E-state index contributed by atoms with van der Waals surface area (Å²) in [5.74, 6) is 0.300. The van der Waals surface area contributed by atoms with Crippen LogP contribution in [0.3, 0.4) is 0 Å². The van der Waals surface area contributed by atoms with Gasteiger partial charge in [-0.2, -0.15) is 0 Å². The van der Waals surface area contributed by atoms with Gasteiger partial charge in [-0.1, -0.05) is 5.16 Å². The minimum atomic E-state index is -0.0124. The lowest BCUT2D eigenvalue weighted by Gasteiger charge is -2.36. The fraction of sp³-hybridized carbons (Fsp3) is 0.909. The van der Waals surface area contributed by atoms with E-state index in [1.807, 2.05) is 0 Å². The van der Waals surface area contributed by atoms with Crippen LogP contribution in [0.2, 0.25) is 0 Å². The van der Waals surface area contributed by atoms with Crippen LogP contribution < -0.4 is 11.1 Å². The van der Waals surface area contributed by atoms with Crippen LogP contribution in [0.15, 0.2) is 5.16 Å². The molecule has 1 rings (SSSR count). The molecule has 94 valence electrons. The van der Waals surface area contributed by atoms with E-state index in [1.165, 1.54) is 0 Å². The Hall–Kier alpha value is -0.810. The van der Waals surface area contributed by atoms with Crippen molar-refractivity contribution in [3.05, 3.63) is 0 Å². The molecule has 0 amide bonds. The van der Waals surface area contributed by atoms with Gasteiger partial charge in [0.2, 0.25) is 0 Å². The minimum absolute atomic E-state index is 0.0124. The second-order valence-electron chi connectivity index (χ2n) is 4.95. The van der Waals surface area contributed by atoms with E-state index in [4.69, 9.17) is 15.7 Å². The zero-order chi connectivity index (χ0) is 12.0. The van der Waals surface area contributed by atoms with Crippen LogP contribution in [0.25, 0.3) is 0 Å². The molecule has 0 radical (unpaired) electrons. The molecule has 4 N–H and O–H groups in total. The van der Waals surface area contributed by atoms with Crippen molar-refractivity contribution in [2.75, 3.05) is 13.2 Å². The van der Waals surface area contributed by atoms with Crippen LogP contribution in [0.1, 0.15) is 39.5 Å². The summed E-state index contributed by atoms with van der Waals surface area (Å²) in [6.07, 6.45) is 3.63. The molecule has 0 aliphatic carbocycles. The van der Waals surface area contributed by atoms with Gasteiger partial charge in [0.25, 0.3) is 0 Å². The maximum absolute atomic E-state index is 8.38. The molecule has 16 heavy (non-hydrogen) atoms. The van der Waals surface area contributed by atoms with Crippen molar-refractivity contribution in [3.8, 4) is 0 Å². The lowest BCUT2D eigenvalue weighted by Crippen LogP contribution is -2.44. The van der Waals surface area contributed by atoms with Gasteiger partial charge in [0.1, 0.15) is 5.84 Å².